The molecule has 11 nitrogen and oxygen atoms in total. The van der Waals surface area contributed by atoms with Crippen LogP contribution in [0.25, 0.3) is 22.2 Å². The van der Waals surface area contributed by atoms with Gasteiger partial charge in [0.15, 0.2) is 11.5 Å². The second kappa shape index (κ2) is 15.9. The number of aromatic amines is 1. The van der Waals surface area contributed by atoms with E-state index in [0.29, 0.717) is 51.9 Å². The maximum Gasteiger partial charge on any atom is 0.586 e. The first-order valence-corrected chi connectivity index (χ1v) is 20.1. The van der Waals surface area contributed by atoms with Crippen molar-refractivity contribution in [2.24, 2.45) is 0 Å². The Morgan fingerprint density at radius 1 is 0.839 bits per heavy atom. The number of para-hydroxylation sites is 1. The van der Waals surface area contributed by atoms with Crippen LogP contribution in [0.15, 0.2) is 102 Å². The van der Waals surface area contributed by atoms with Crippen LogP contribution in [-0.2, 0) is 27.5 Å². The highest BCUT2D eigenvalue weighted by atomic mass is 19.3. The van der Waals surface area contributed by atoms with Gasteiger partial charge in [0, 0.05) is 46.5 Å². The maximum absolute atomic E-state index is 13.4. The van der Waals surface area contributed by atoms with Crippen molar-refractivity contribution in [3.8, 4) is 28.5 Å². The molecule has 2 aromatic heterocycles. The highest BCUT2D eigenvalue weighted by Gasteiger charge is 2.52. The molecule has 0 atom stereocenters. The lowest BCUT2D eigenvalue weighted by molar-refractivity contribution is -0.286. The lowest BCUT2D eigenvalue weighted by Crippen LogP contribution is -2.26. The molecular weight excluding hydrogens is 797 g/mol. The lowest BCUT2D eigenvalue weighted by atomic mass is 9.79. The van der Waals surface area contributed by atoms with Gasteiger partial charge in [-0.3, -0.25) is 19.4 Å². The second-order valence-electron chi connectivity index (χ2n) is 17.8. The van der Waals surface area contributed by atoms with E-state index in [4.69, 9.17) is 0 Å². The molecule has 1 aliphatic carbocycles. The smallest absolute Gasteiger partial charge is 0.508 e. The van der Waals surface area contributed by atoms with Gasteiger partial charge in [0.2, 0.25) is 5.43 Å². The number of pyridine rings is 2. The number of hydrogen-bond acceptors (Lipinski definition) is 8. The molecule has 0 saturated heterocycles. The van der Waals surface area contributed by atoms with Gasteiger partial charge in [-0.25, -0.2) is 4.79 Å². The van der Waals surface area contributed by atoms with Crippen LogP contribution in [0.1, 0.15) is 103 Å². The van der Waals surface area contributed by atoms with E-state index >= 15 is 0 Å². The zero-order valence-corrected chi connectivity index (χ0v) is 35.4. The first-order chi connectivity index (χ1) is 29.1. The minimum atomic E-state index is -3.71. The first-order valence-electron chi connectivity index (χ1n) is 20.1. The Morgan fingerprint density at radius 3 is 2.21 bits per heavy atom. The number of carbonyl (C=O) groups excluding carboxylic acids is 2. The Bertz CT molecular complexity index is 2830. The van der Waals surface area contributed by atoms with Crippen LogP contribution in [0.3, 0.4) is 0 Å². The average Bonchev–Trinajstić information content (AvgIpc) is 3.95. The summed E-state index contributed by atoms with van der Waals surface area (Å²) >= 11 is 0. The van der Waals surface area contributed by atoms with Crippen LogP contribution >= 0.6 is 0 Å². The van der Waals surface area contributed by atoms with Gasteiger partial charge >= 0.3 is 12.3 Å². The molecule has 0 unspecified atom stereocenters. The number of ether oxygens (including phenoxy) is 2. The zero-order chi connectivity index (χ0) is 44.9. The summed E-state index contributed by atoms with van der Waals surface area (Å²) in [5.41, 5.74) is 4.75. The summed E-state index contributed by atoms with van der Waals surface area (Å²) in [4.78, 5) is 57.9. The van der Waals surface area contributed by atoms with E-state index in [1.165, 1.54) is 24.4 Å². The zero-order valence-electron chi connectivity index (χ0n) is 35.4. The number of Topliss-reactive ketones (excluding diaryl/α,β-unsaturated/α-hetero) is 1. The summed E-state index contributed by atoms with van der Waals surface area (Å²) in [7, 11) is 0. The maximum atomic E-state index is 13.4. The third-order valence-electron chi connectivity index (χ3n) is 11.1. The highest BCUT2D eigenvalue weighted by molar-refractivity contribution is 6.06. The largest absolute Gasteiger partial charge is 0.586 e. The topological polar surface area (TPSA) is 168 Å². The van der Waals surface area contributed by atoms with Crippen molar-refractivity contribution in [2.45, 2.75) is 90.3 Å². The van der Waals surface area contributed by atoms with Crippen molar-refractivity contribution < 1.29 is 42.9 Å². The molecule has 0 spiro atoms. The molecule has 13 heteroatoms. The molecular formula is C49H47F2N3O8. The summed E-state index contributed by atoms with van der Waals surface area (Å²) in [5, 5.41) is 23.1. The summed E-state index contributed by atoms with van der Waals surface area (Å²) in [6.07, 6.45) is -0.985. The van der Waals surface area contributed by atoms with Crippen LogP contribution < -0.4 is 20.2 Å². The van der Waals surface area contributed by atoms with Gasteiger partial charge in [0.25, 0.3) is 5.91 Å². The van der Waals surface area contributed by atoms with E-state index in [0.717, 1.165) is 16.7 Å². The number of alkyl halides is 2. The number of benzene rings is 4. The fraction of sp³-hybridized carbons (Fsp3) is 0.286. The number of carboxylic acid groups (broad SMARTS) is 1. The number of aromatic nitrogens is 2. The number of hydrogen-bond donors (Lipinski definition) is 4. The molecule has 0 bridgehead atoms. The summed E-state index contributed by atoms with van der Waals surface area (Å²) < 4.78 is 35.7. The summed E-state index contributed by atoms with van der Waals surface area (Å²) in [6, 6.07) is 25.2. The van der Waals surface area contributed by atoms with Gasteiger partial charge in [-0.15, -0.1) is 8.78 Å². The number of nitrogens with one attached hydrogen (secondary N) is 2. The number of phenols is 1. The number of anilines is 1. The summed E-state index contributed by atoms with van der Waals surface area (Å²) in [5.74, 6) is -1.61. The standard InChI is InChI=1S/C25H19F2NO5.C24H28N2O3/c1-14-5-7-18(28-22(14)15-3-2-4-16(11-15)23(30)31)13-21(29)24(9-10-24)17-6-8-19-20(12-17)33-25(26,27)32-19;1-23(2,3)16-11-17(24(4,5)6)20(27)12-19(16)26-22(29)15-13-25-18-10-8-7-9-14(18)21(15)28/h2-8,11-12H,9-10,13H2,1H3,(H,30,31);7-13,27H,1-6H3,(H,25,28)(H,26,29). The molecule has 3 heterocycles. The average molecular weight is 844 g/mol. The van der Waals surface area contributed by atoms with Crippen LogP contribution in [0.4, 0.5) is 14.5 Å². The Morgan fingerprint density at radius 2 is 1.53 bits per heavy atom. The van der Waals surface area contributed by atoms with E-state index in [-0.39, 0.29) is 56.8 Å². The van der Waals surface area contributed by atoms with Gasteiger partial charge in [0.05, 0.1) is 16.7 Å². The van der Waals surface area contributed by atoms with E-state index in [1.54, 1.807) is 54.6 Å². The number of aromatic hydroxyl groups is 1. The highest BCUT2D eigenvalue weighted by Crippen LogP contribution is 2.52. The minimum absolute atomic E-state index is 0.0305. The number of rotatable bonds is 8. The van der Waals surface area contributed by atoms with Crippen LogP contribution in [0.2, 0.25) is 0 Å². The number of carboxylic acids is 1. The number of aryl methyl sites for hydroxylation is 1. The van der Waals surface area contributed by atoms with Crippen molar-refractivity contribution in [3.63, 3.8) is 0 Å². The van der Waals surface area contributed by atoms with Gasteiger partial charge in [-0.05, 0) is 101 Å². The number of H-pyrrole nitrogens is 1. The van der Waals surface area contributed by atoms with Crippen molar-refractivity contribution >= 4 is 34.3 Å². The number of carbonyl (C=O) groups is 3. The van der Waals surface area contributed by atoms with Crippen LogP contribution in [-0.4, -0.2) is 44.1 Å². The molecule has 1 fully saturated rings. The molecule has 1 amide bonds. The molecule has 2 aliphatic rings. The predicted octanol–water partition coefficient (Wildman–Crippen LogP) is 10.0. The fourth-order valence-electron chi connectivity index (χ4n) is 7.63. The predicted molar refractivity (Wildman–Crippen MR) is 232 cm³/mol. The van der Waals surface area contributed by atoms with E-state index < -0.39 is 23.6 Å². The van der Waals surface area contributed by atoms with Gasteiger partial charge < -0.3 is 30.0 Å². The van der Waals surface area contributed by atoms with Gasteiger partial charge in [-0.1, -0.05) is 77.9 Å². The van der Waals surface area contributed by atoms with Crippen molar-refractivity contribution in [1.82, 2.24) is 9.97 Å². The SMILES string of the molecule is CC(C)(C)c1cc(C(C)(C)C)c(NC(=O)c2c[nH]c3ccccc3c2=O)cc1O.Cc1ccc(CC(=O)C2(c3ccc4c(c3)OC(F)(F)O4)CC2)nc1-c1cccc(C(=O)O)c1. The van der Waals surface area contributed by atoms with E-state index in [9.17, 15) is 38.2 Å². The fourth-order valence-corrected chi connectivity index (χ4v) is 7.63. The summed E-state index contributed by atoms with van der Waals surface area (Å²) in [6.45, 7) is 14.1. The van der Waals surface area contributed by atoms with Gasteiger partial charge in [0.1, 0.15) is 17.1 Å². The molecule has 1 aliphatic heterocycles. The number of phenolic OH excluding ortho intramolecular Hbond substituents is 1. The van der Waals surface area contributed by atoms with Crippen molar-refractivity contribution in [2.75, 3.05) is 5.32 Å². The Hall–Kier alpha value is -6.89. The van der Waals surface area contributed by atoms with Crippen molar-refractivity contribution in [1.29, 1.82) is 0 Å². The third-order valence-corrected chi connectivity index (χ3v) is 11.1. The van der Waals surface area contributed by atoms with Gasteiger partial charge in [-0.2, -0.15) is 0 Å². The molecule has 320 valence electrons. The van der Waals surface area contributed by atoms with Crippen LogP contribution in [0, 0.1) is 6.92 Å². The molecule has 4 aromatic carbocycles. The molecule has 62 heavy (non-hydrogen) atoms. The molecule has 8 rings (SSSR count). The Balaban J connectivity index is 0.000000188. The lowest BCUT2D eigenvalue weighted by Gasteiger charge is -2.28. The van der Waals surface area contributed by atoms with E-state index in [2.05, 4.69) is 24.8 Å². The number of ketones is 1. The Labute approximate surface area is 356 Å². The molecule has 0 radical (unpaired) electrons. The first kappa shape index (κ1) is 43.2. The molecule has 6 aromatic rings. The quantitative estimate of drug-likeness (QED) is 0.117. The molecule has 1 saturated carbocycles. The van der Waals surface area contributed by atoms with Crippen molar-refractivity contribution in [3.05, 3.63) is 146 Å². The van der Waals surface area contributed by atoms with Crippen LogP contribution in [0.5, 0.6) is 17.2 Å². The number of amides is 1. The number of aromatic carboxylic acids is 1. The number of fused-ring (bicyclic) bond motifs is 2. The minimum Gasteiger partial charge on any atom is -0.508 e. The number of nitrogens with zero attached hydrogens (tertiary/aromatic N) is 1. The third kappa shape index (κ3) is 8.79. The van der Waals surface area contributed by atoms with E-state index in [1.807, 2.05) is 66.7 Å². The monoisotopic (exact) mass is 843 g/mol. The normalized spacial score (nSPS) is 14.7. The Kier molecular flexibility index (Phi) is 11.1. The number of halogens is 2. The molecule has 4 N–H and O–H groups in total. The second-order valence-corrected chi connectivity index (χ2v) is 17.8.